The van der Waals surface area contributed by atoms with Crippen LogP contribution in [0.2, 0.25) is 5.02 Å². The second-order valence-corrected chi connectivity index (χ2v) is 7.26. The lowest BCUT2D eigenvalue weighted by Gasteiger charge is -2.32. The summed E-state index contributed by atoms with van der Waals surface area (Å²) in [5.41, 5.74) is 0.508. The van der Waals surface area contributed by atoms with Gasteiger partial charge in [0.1, 0.15) is 11.9 Å². The Morgan fingerprint density at radius 1 is 1.27 bits per heavy atom. The van der Waals surface area contributed by atoms with Gasteiger partial charge in [-0.05, 0) is 24.6 Å². The first-order chi connectivity index (χ1) is 12.5. The van der Waals surface area contributed by atoms with Gasteiger partial charge < -0.3 is 14.5 Å². The van der Waals surface area contributed by atoms with Gasteiger partial charge in [-0.3, -0.25) is 9.59 Å². The first-order valence-corrected chi connectivity index (χ1v) is 9.56. The van der Waals surface area contributed by atoms with Gasteiger partial charge in [0.05, 0.1) is 11.6 Å². The topological polar surface area (TPSA) is 49.9 Å². The van der Waals surface area contributed by atoms with Crippen molar-refractivity contribution in [3.63, 3.8) is 0 Å². The zero-order chi connectivity index (χ0) is 18.7. The summed E-state index contributed by atoms with van der Waals surface area (Å²) in [6, 6.07) is 5.33. The van der Waals surface area contributed by atoms with Gasteiger partial charge in [-0.15, -0.1) is 0 Å². The second kappa shape index (κ2) is 8.12. The third-order valence-corrected chi connectivity index (χ3v) is 5.33. The van der Waals surface area contributed by atoms with Gasteiger partial charge in [-0.1, -0.05) is 30.7 Å². The maximum atomic E-state index is 13.1. The molecule has 26 heavy (non-hydrogen) atoms. The summed E-state index contributed by atoms with van der Waals surface area (Å²) < 4.78 is 6.15. The number of ether oxygens (including phenoxy) is 1. The number of rotatable bonds is 4. The SMILES string of the molecule is CCC1C=CCN1C(=O)c1cc(Cl)ccc1OC1CCN(C(C)=O)CC1. The fourth-order valence-corrected chi connectivity index (χ4v) is 3.73. The number of nitrogens with zero attached hydrogens (tertiary/aromatic N) is 2. The standard InChI is InChI=1S/C20H25ClN2O3/c1-3-16-5-4-10-23(16)20(25)18-13-15(21)6-7-19(18)26-17-8-11-22(12-9-17)14(2)24/h4-7,13,16-17H,3,8-12H2,1-2H3. The predicted octanol–water partition coefficient (Wildman–Crippen LogP) is 3.52. The summed E-state index contributed by atoms with van der Waals surface area (Å²) in [6.07, 6.45) is 6.49. The molecule has 3 rings (SSSR count). The molecule has 2 aliphatic rings. The molecule has 1 unspecified atom stereocenters. The molecule has 0 aliphatic carbocycles. The Morgan fingerprint density at radius 3 is 2.65 bits per heavy atom. The van der Waals surface area contributed by atoms with Crippen LogP contribution in [0.3, 0.4) is 0 Å². The zero-order valence-corrected chi connectivity index (χ0v) is 16.0. The highest BCUT2D eigenvalue weighted by Crippen LogP contribution is 2.29. The lowest BCUT2D eigenvalue weighted by Crippen LogP contribution is -2.41. The molecular weight excluding hydrogens is 352 g/mol. The van der Waals surface area contributed by atoms with E-state index in [0.29, 0.717) is 36.0 Å². The van der Waals surface area contributed by atoms with E-state index in [1.807, 2.05) is 15.9 Å². The number of carbonyl (C=O) groups is 2. The van der Waals surface area contributed by atoms with Gasteiger partial charge in [0, 0.05) is 44.4 Å². The minimum Gasteiger partial charge on any atom is -0.489 e. The summed E-state index contributed by atoms with van der Waals surface area (Å²) in [4.78, 5) is 28.2. The van der Waals surface area contributed by atoms with Crippen molar-refractivity contribution in [2.24, 2.45) is 0 Å². The van der Waals surface area contributed by atoms with Crippen molar-refractivity contribution in [2.45, 2.75) is 45.3 Å². The summed E-state index contributed by atoms with van der Waals surface area (Å²) in [5, 5.41) is 0.521. The van der Waals surface area contributed by atoms with Gasteiger partial charge in [0.15, 0.2) is 0 Å². The number of halogens is 1. The lowest BCUT2D eigenvalue weighted by atomic mass is 10.1. The number of hydrogen-bond donors (Lipinski definition) is 0. The third-order valence-electron chi connectivity index (χ3n) is 5.09. The largest absolute Gasteiger partial charge is 0.489 e. The van der Waals surface area contributed by atoms with E-state index in [-0.39, 0.29) is 24.0 Å². The van der Waals surface area contributed by atoms with Crippen molar-refractivity contribution in [1.29, 1.82) is 0 Å². The number of benzene rings is 1. The summed E-state index contributed by atoms with van der Waals surface area (Å²) >= 11 is 6.15. The van der Waals surface area contributed by atoms with Crippen molar-refractivity contribution in [2.75, 3.05) is 19.6 Å². The molecule has 6 heteroatoms. The van der Waals surface area contributed by atoms with E-state index < -0.39 is 0 Å². The molecule has 1 aromatic carbocycles. The Morgan fingerprint density at radius 2 is 2.00 bits per heavy atom. The normalized spacial score (nSPS) is 20.5. The van der Waals surface area contributed by atoms with Crippen LogP contribution >= 0.6 is 11.6 Å². The molecule has 0 aromatic heterocycles. The summed E-state index contributed by atoms with van der Waals surface area (Å²) in [5.74, 6) is 0.612. The highest BCUT2D eigenvalue weighted by molar-refractivity contribution is 6.31. The molecule has 0 saturated carbocycles. The molecule has 0 N–H and O–H groups in total. The molecule has 2 aliphatic heterocycles. The van der Waals surface area contributed by atoms with Crippen LogP contribution in [-0.4, -0.2) is 53.4 Å². The van der Waals surface area contributed by atoms with E-state index >= 15 is 0 Å². The molecule has 0 radical (unpaired) electrons. The Balaban J connectivity index is 1.74. The van der Waals surface area contributed by atoms with E-state index in [2.05, 4.69) is 13.0 Å². The number of amides is 2. The first kappa shape index (κ1) is 18.8. The molecule has 2 amide bonds. The van der Waals surface area contributed by atoms with Crippen LogP contribution in [0.1, 0.15) is 43.5 Å². The van der Waals surface area contributed by atoms with Crippen molar-refractivity contribution in [3.8, 4) is 5.75 Å². The van der Waals surface area contributed by atoms with Crippen molar-refractivity contribution in [3.05, 3.63) is 40.9 Å². The minimum absolute atomic E-state index is 0.00278. The molecule has 140 valence electrons. The molecule has 0 bridgehead atoms. The van der Waals surface area contributed by atoms with Crippen LogP contribution in [0.4, 0.5) is 0 Å². The summed E-state index contributed by atoms with van der Waals surface area (Å²) in [7, 11) is 0. The number of hydrogen-bond acceptors (Lipinski definition) is 3. The monoisotopic (exact) mass is 376 g/mol. The van der Waals surface area contributed by atoms with Crippen molar-refractivity contribution >= 4 is 23.4 Å². The average Bonchev–Trinajstić information content (AvgIpc) is 3.12. The van der Waals surface area contributed by atoms with Gasteiger partial charge in [0.2, 0.25) is 5.91 Å². The Labute approximate surface area is 159 Å². The van der Waals surface area contributed by atoms with Gasteiger partial charge >= 0.3 is 0 Å². The first-order valence-electron chi connectivity index (χ1n) is 9.19. The molecule has 0 spiro atoms. The van der Waals surface area contributed by atoms with E-state index in [9.17, 15) is 9.59 Å². The number of carbonyl (C=O) groups excluding carboxylic acids is 2. The molecule has 2 heterocycles. The quantitative estimate of drug-likeness (QED) is 0.755. The van der Waals surface area contributed by atoms with Crippen LogP contribution in [0.5, 0.6) is 5.75 Å². The molecular formula is C20H25ClN2O3. The van der Waals surface area contributed by atoms with Crippen LogP contribution in [0.25, 0.3) is 0 Å². The van der Waals surface area contributed by atoms with Crippen LogP contribution in [-0.2, 0) is 4.79 Å². The van der Waals surface area contributed by atoms with E-state index in [4.69, 9.17) is 16.3 Å². The van der Waals surface area contributed by atoms with Crippen LogP contribution in [0, 0.1) is 0 Å². The predicted molar refractivity (Wildman–Crippen MR) is 102 cm³/mol. The average molecular weight is 377 g/mol. The molecule has 1 saturated heterocycles. The van der Waals surface area contributed by atoms with E-state index in [1.165, 1.54) is 0 Å². The van der Waals surface area contributed by atoms with Crippen LogP contribution in [0.15, 0.2) is 30.4 Å². The Bertz CT molecular complexity index is 711. The molecule has 1 atom stereocenters. The second-order valence-electron chi connectivity index (χ2n) is 6.83. The van der Waals surface area contributed by atoms with Gasteiger partial charge in [0.25, 0.3) is 5.91 Å². The zero-order valence-electron chi connectivity index (χ0n) is 15.3. The van der Waals surface area contributed by atoms with Crippen molar-refractivity contribution < 1.29 is 14.3 Å². The van der Waals surface area contributed by atoms with Gasteiger partial charge in [-0.2, -0.15) is 0 Å². The Hall–Kier alpha value is -2.01. The minimum atomic E-state index is -0.0551. The number of piperidine rings is 1. The summed E-state index contributed by atoms with van der Waals surface area (Å²) in [6.45, 7) is 5.64. The maximum Gasteiger partial charge on any atom is 0.258 e. The fourth-order valence-electron chi connectivity index (χ4n) is 3.56. The van der Waals surface area contributed by atoms with Crippen molar-refractivity contribution in [1.82, 2.24) is 9.80 Å². The van der Waals surface area contributed by atoms with E-state index in [0.717, 1.165) is 19.3 Å². The smallest absolute Gasteiger partial charge is 0.258 e. The molecule has 1 fully saturated rings. The highest BCUT2D eigenvalue weighted by atomic mass is 35.5. The Kier molecular flexibility index (Phi) is 5.87. The van der Waals surface area contributed by atoms with Gasteiger partial charge in [-0.25, -0.2) is 0 Å². The molecule has 5 nitrogen and oxygen atoms in total. The van der Waals surface area contributed by atoms with E-state index in [1.54, 1.807) is 25.1 Å². The van der Waals surface area contributed by atoms with Crippen LogP contribution < -0.4 is 4.74 Å². The fraction of sp³-hybridized carbons (Fsp3) is 0.500. The number of likely N-dealkylation sites (tertiary alicyclic amines) is 1. The maximum absolute atomic E-state index is 13.1. The molecule has 1 aromatic rings. The highest BCUT2D eigenvalue weighted by Gasteiger charge is 2.28. The third kappa shape index (κ3) is 4.04. The lowest BCUT2D eigenvalue weighted by molar-refractivity contribution is -0.130.